The van der Waals surface area contributed by atoms with Gasteiger partial charge in [0.1, 0.15) is 0 Å². The molecule has 0 unspecified atom stereocenters. The number of fused-ring (bicyclic) bond motifs is 1. The molecule has 2 heterocycles. The average Bonchev–Trinajstić information content (AvgIpc) is 2.95. The fourth-order valence-electron chi connectivity index (χ4n) is 2.73. The molecule has 0 atom stereocenters. The minimum absolute atomic E-state index is 0.0446. The van der Waals surface area contributed by atoms with Gasteiger partial charge in [0.2, 0.25) is 5.91 Å². The Kier molecular flexibility index (Phi) is 4.36. The van der Waals surface area contributed by atoms with E-state index in [1.165, 1.54) is 17.4 Å². The molecule has 22 heavy (non-hydrogen) atoms. The molecule has 3 rings (SSSR count). The number of amides is 1. The number of hydrogen-bond donors (Lipinski definition) is 1. The number of Topliss-reactive ketones (excluding diaryl/α,β-unsaturated/α-hetero) is 1. The number of nitrogens with one attached hydrogen (secondary N) is 1. The quantitative estimate of drug-likeness (QED) is 0.883. The fourth-order valence-corrected chi connectivity index (χ4v) is 3.62. The van der Waals surface area contributed by atoms with Crippen LogP contribution in [-0.2, 0) is 17.8 Å². The van der Waals surface area contributed by atoms with E-state index in [-0.39, 0.29) is 11.7 Å². The summed E-state index contributed by atoms with van der Waals surface area (Å²) in [4.78, 5) is 27.4. The summed E-state index contributed by atoms with van der Waals surface area (Å²) in [5, 5.41) is 4.97. The zero-order valence-electron chi connectivity index (χ0n) is 12.5. The Morgan fingerprint density at radius 3 is 2.91 bits per heavy atom. The molecule has 1 N–H and O–H groups in total. The molecule has 0 saturated heterocycles. The summed E-state index contributed by atoms with van der Waals surface area (Å²) in [6, 6.07) is 9.25. The summed E-state index contributed by atoms with van der Waals surface area (Å²) >= 11 is 1.79. The first-order valence-corrected chi connectivity index (χ1v) is 8.19. The third kappa shape index (κ3) is 3.26. The molecule has 0 bridgehead atoms. The monoisotopic (exact) mass is 314 g/mol. The summed E-state index contributed by atoms with van der Waals surface area (Å²) in [6.45, 7) is 3.57. The lowest BCUT2D eigenvalue weighted by atomic mass is 10.1. The highest BCUT2D eigenvalue weighted by Crippen LogP contribution is 2.24. The van der Waals surface area contributed by atoms with E-state index in [2.05, 4.69) is 21.7 Å². The number of rotatable bonds is 4. The van der Waals surface area contributed by atoms with Crippen LogP contribution < -0.4 is 5.32 Å². The van der Waals surface area contributed by atoms with Crippen LogP contribution in [-0.4, -0.2) is 29.7 Å². The Hall–Kier alpha value is -1.98. The molecule has 0 spiro atoms. The van der Waals surface area contributed by atoms with Gasteiger partial charge in [-0.1, -0.05) is 12.1 Å². The molecule has 0 fully saturated rings. The van der Waals surface area contributed by atoms with Crippen molar-refractivity contribution in [1.82, 2.24) is 4.90 Å². The highest BCUT2D eigenvalue weighted by molar-refractivity contribution is 7.10. The van der Waals surface area contributed by atoms with Crippen molar-refractivity contribution in [1.29, 1.82) is 0 Å². The van der Waals surface area contributed by atoms with Crippen molar-refractivity contribution in [2.45, 2.75) is 19.9 Å². The van der Waals surface area contributed by atoms with Gasteiger partial charge in [0.05, 0.1) is 12.2 Å². The van der Waals surface area contributed by atoms with E-state index < -0.39 is 0 Å². The summed E-state index contributed by atoms with van der Waals surface area (Å²) in [5.74, 6) is -0.121. The van der Waals surface area contributed by atoms with Gasteiger partial charge in [-0.25, -0.2) is 0 Å². The first-order chi connectivity index (χ1) is 10.6. The lowest BCUT2D eigenvalue weighted by Gasteiger charge is -2.26. The van der Waals surface area contributed by atoms with Crippen molar-refractivity contribution in [2.24, 2.45) is 0 Å². The van der Waals surface area contributed by atoms with E-state index in [0.717, 1.165) is 19.5 Å². The molecule has 114 valence electrons. The predicted molar refractivity (Wildman–Crippen MR) is 88.4 cm³/mol. The Balaban J connectivity index is 1.63. The predicted octanol–water partition coefficient (Wildman–Crippen LogP) is 2.95. The number of nitrogens with zero attached hydrogens (tertiary/aromatic N) is 1. The summed E-state index contributed by atoms with van der Waals surface area (Å²) in [5.41, 5.74) is 2.47. The van der Waals surface area contributed by atoms with E-state index in [4.69, 9.17) is 0 Å². The molecule has 5 heteroatoms. The third-order valence-electron chi connectivity index (χ3n) is 3.83. The maximum Gasteiger partial charge on any atom is 0.238 e. The molecule has 0 radical (unpaired) electrons. The Morgan fingerprint density at radius 1 is 1.27 bits per heavy atom. The number of ketones is 1. The first kappa shape index (κ1) is 14.9. The van der Waals surface area contributed by atoms with Crippen LogP contribution in [0, 0.1) is 0 Å². The highest BCUT2D eigenvalue weighted by Gasteiger charge is 2.19. The Bertz CT molecular complexity index is 708. The van der Waals surface area contributed by atoms with Gasteiger partial charge in [-0.05, 0) is 42.5 Å². The number of anilines is 1. The van der Waals surface area contributed by atoms with Gasteiger partial charge in [-0.2, -0.15) is 0 Å². The van der Waals surface area contributed by atoms with Crippen molar-refractivity contribution in [3.05, 3.63) is 51.7 Å². The molecule has 1 aromatic carbocycles. The molecule has 1 aliphatic rings. The maximum absolute atomic E-state index is 12.2. The molecule has 2 aromatic rings. The normalized spacial score (nSPS) is 14.4. The van der Waals surface area contributed by atoms with E-state index in [1.54, 1.807) is 29.5 Å². The van der Waals surface area contributed by atoms with Crippen LogP contribution in [0.2, 0.25) is 0 Å². The smallest absolute Gasteiger partial charge is 0.238 e. The van der Waals surface area contributed by atoms with Crippen LogP contribution in [0.3, 0.4) is 0 Å². The number of carbonyl (C=O) groups is 2. The zero-order chi connectivity index (χ0) is 15.5. The highest BCUT2D eigenvalue weighted by atomic mass is 32.1. The van der Waals surface area contributed by atoms with Crippen molar-refractivity contribution in [3.63, 3.8) is 0 Å². The fraction of sp³-hybridized carbons (Fsp3) is 0.294. The van der Waals surface area contributed by atoms with Crippen molar-refractivity contribution in [3.8, 4) is 0 Å². The number of carbonyl (C=O) groups excluding carboxylic acids is 2. The number of hydrogen-bond acceptors (Lipinski definition) is 4. The molecule has 1 amide bonds. The van der Waals surface area contributed by atoms with Crippen LogP contribution in [0.4, 0.5) is 5.69 Å². The van der Waals surface area contributed by atoms with Gasteiger partial charge in [0, 0.05) is 23.5 Å². The van der Waals surface area contributed by atoms with E-state index >= 15 is 0 Å². The van der Waals surface area contributed by atoms with E-state index in [0.29, 0.717) is 17.8 Å². The summed E-state index contributed by atoms with van der Waals surface area (Å²) in [7, 11) is 0. The molecule has 4 nitrogen and oxygen atoms in total. The number of benzene rings is 1. The largest absolute Gasteiger partial charge is 0.324 e. The van der Waals surface area contributed by atoms with Crippen LogP contribution >= 0.6 is 11.3 Å². The second-order valence-electron chi connectivity index (χ2n) is 5.48. The van der Waals surface area contributed by atoms with Crippen molar-refractivity contribution >= 4 is 28.7 Å². The van der Waals surface area contributed by atoms with Gasteiger partial charge in [0.25, 0.3) is 0 Å². The summed E-state index contributed by atoms with van der Waals surface area (Å²) in [6.07, 6.45) is 1.00. The SMILES string of the molecule is CC(=O)c1ccccc1NC(=O)CN1CCc2sccc2C1. The van der Waals surface area contributed by atoms with Crippen LogP contribution in [0.25, 0.3) is 0 Å². The van der Waals surface area contributed by atoms with Crippen LogP contribution in [0.5, 0.6) is 0 Å². The van der Waals surface area contributed by atoms with E-state index in [1.807, 2.05) is 6.07 Å². The number of para-hydroxylation sites is 1. The van der Waals surface area contributed by atoms with Gasteiger partial charge < -0.3 is 5.32 Å². The first-order valence-electron chi connectivity index (χ1n) is 7.31. The minimum atomic E-state index is -0.0765. The third-order valence-corrected chi connectivity index (χ3v) is 4.86. The van der Waals surface area contributed by atoms with Crippen LogP contribution in [0.1, 0.15) is 27.7 Å². The Labute approximate surface area is 133 Å². The molecule has 0 saturated carbocycles. The molecular formula is C17H18N2O2S. The van der Waals surface area contributed by atoms with Gasteiger partial charge in [-0.15, -0.1) is 11.3 Å². The number of thiophene rings is 1. The lowest BCUT2D eigenvalue weighted by Crippen LogP contribution is -2.36. The maximum atomic E-state index is 12.2. The second kappa shape index (κ2) is 6.42. The molecule has 0 aliphatic carbocycles. The van der Waals surface area contributed by atoms with Crippen LogP contribution in [0.15, 0.2) is 35.7 Å². The second-order valence-corrected chi connectivity index (χ2v) is 6.48. The Morgan fingerprint density at radius 2 is 2.09 bits per heavy atom. The van der Waals surface area contributed by atoms with Gasteiger partial charge >= 0.3 is 0 Å². The van der Waals surface area contributed by atoms with Crippen molar-refractivity contribution in [2.75, 3.05) is 18.4 Å². The van der Waals surface area contributed by atoms with E-state index in [9.17, 15) is 9.59 Å². The lowest BCUT2D eigenvalue weighted by molar-refractivity contribution is -0.117. The van der Waals surface area contributed by atoms with Gasteiger partial charge in [0.15, 0.2) is 5.78 Å². The zero-order valence-corrected chi connectivity index (χ0v) is 13.3. The molecular weight excluding hydrogens is 296 g/mol. The molecule has 1 aromatic heterocycles. The van der Waals surface area contributed by atoms with Crippen molar-refractivity contribution < 1.29 is 9.59 Å². The minimum Gasteiger partial charge on any atom is -0.324 e. The average molecular weight is 314 g/mol. The summed E-state index contributed by atoms with van der Waals surface area (Å²) < 4.78 is 0. The topological polar surface area (TPSA) is 49.4 Å². The standard InChI is InChI=1S/C17H18N2O2S/c1-12(20)14-4-2-3-5-15(14)18-17(21)11-19-8-6-16-13(10-19)7-9-22-16/h2-5,7,9H,6,8,10-11H2,1H3,(H,18,21). The van der Waals surface area contributed by atoms with Gasteiger partial charge in [-0.3, -0.25) is 14.5 Å². The molecule has 1 aliphatic heterocycles.